The van der Waals surface area contributed by atoms with Gasteiger partial charge in [-0.25, -0.2) is 4.39 Å². The van der Waals surface area contributed by atoms with Gasteiger partial charge in [0.05, 0.1) is 11.7 Å². The van der Waals surface area contributed by atoms with Crippen molar-refractivity contribution in [3.63, 3.8) is 0 Å². The van der Waals surface area contributed by atoms with Crippen LogP contribution in [0.5, 0.6) is 5.75 Å². The van der Waals surface area contributed by atoms with Gasteiger partial charge in [0, 0.05) is 58.7 Å². The Balaban J connectivity index is 1.93. The minimum atomic E-state index is -0.305. The number of carbonyl (C=O) groups is 2. The van der Waals surface area contributed by atoms with E-state index < -0.39 is 0 Å². The number of benzene rings is 2. The lowest BCUT2D eigenvalue weighted by atomic mass is 10.0. The van der Waals surface area contributed by atoms with Crippen LogP contribution in [0, 0.1) is 11.7 Å². The first-order valence-electron chi connectivity index (χ1n) is 12.0. The molecule has 8 nitrogen and oxygen atoms in total. The molecule has 2 aromatic carbocycles. The maximum Gasteiger partial charge on any atom is 0.257 e. The Morgan fingerprint density at radius 2 is 1.94 bits per heavy atom. The third-order valence-electron chi connectivity index (χ3n) is 6.41. The molecule has 2 amide bonds. The molecule has 3 atom stereocenters. The Morgan fingerprint density at radius 3 is 2.64 bits per heavy atom. The molecular weight excluding hydrogens is 465 g/mol. The first-order valence-corrected chi connectivity index (χ1v) is 12.0. The maximum atomic E-state index is 13.9. The zero-order chi connectivity index (χ0) is 26.2. The molecule has 0 aliphatic carbocycles. The molecule has 1 aliphatic heterocycles. The molecule has 0 saturated heterocycles. The van der Waals surface area contributed by atoms with Crippen molar-refractivity contribution in [2.45, 2.75) is 32.5 Å². The molecule has 36 heavy (non-hydrogen) atoms. The summed E-state index contributed by atoms with van der Waals surface area (Å²) >= 11 is 0. The van der Waals surface area contributed by atoms with Crippen molar-refractivity contribution >= 4 is 17.5 Å². The lowest BCUT2D eigenvalue weighted by molar-refractivity contribution is -0.119. The Hall–Kier alpha value is -3.01. The number of rotatable bonds is 6. The fourth-order valence-electron chi connectivity index (χ4n) is 4.34. The summed E-state index contributed by atoms with van der Waals surface area (Å²) in [5.41, 5.74) is 1.77. The van der Waals surface area contributed by atoms with Gasteiger partial charge in [0.2, 0.25) is 5.91 Å². The molecule has 0 aromatic heterocycles. The van der Waals surface area contributed by atoms with Crippen molar-refractivity contribution in [3.8, 4) is 5.75 Å². The number of fused-ring (bicyclic) bond motifs is 1. The molecule has 0 unspecified atom stereocenters. The van der Waals surface area contributed by atoms with Crippen molar-refractivity contribution in [2.75, 3.05) is 52.9 Å². The first kappa shape index (κ1) is 27.6. The zero-order valence-corrected chi connectivity index (χ0v) is 21.6. The Bertz CT molecular complexity index is 1050. The fourth-order valence-corrected chi connectivity index (χ4v) is 4.34. The average molecular weight is 502 g/mol. The maximum absolute atomic E-state index is 13.9. The molecule has 1 N–H and O–H groups in total. The summed E-state index contributed by atoms with van der Waals surface area (Å²) in [4.78, 5) is 29.2. The molecule has 9 heteroatoms. The zero-order valence-electron chi connectivity index (χ0n) is 21.6. The van der Waals surface area contributed by atoms with E-state index in [-0.39, 0.29) is 42.3 Å². The molecule has 0 radical (unpaired) electrons. The van der Waals surface area contributed by atoms with E-state index in [4.69, 9.17) is 14.2 Å². The van der Waals surface area contributed by atoms with Crippen LogP contribution in [-0.4, -0.2) is 81.3 Å². The number of halogens is 1. The van der Waals surface area contributed by atoms with Gasteiger partial charge in [0.15, 0.2) is 0 Å². The lowest BCUT2D eigenvalue weighted by Gasteiger charge is -2.36. The summed E-state index contributed by atoms with van der Waals surface area (Å²) in [6, 6.07) is 11.5. The van der Waals surface area contributed by atoms with Gasteiger partial charge in [-0.15, -0.1) is 0 Å². The van der Waals surface area contributed by atoms with Crippen LogP contribution in [0.3, 0.4) is 0 Å². The van der Waals surface area contributed by atoms with Gasteiger partial charge >= 0.3 is 0 Å². The average Bonchev–Trinajstić information content (AvgIpc) is 2.84. The van der Waals surface area contributed by atoms with Crippen molar-refractivity contribution in [1.29, 1.82) is 0 Å². The van der Waals surface area contributed by atoms with E-state index >= 15 is 0 Å². The van der Waals surface area contributed by atoms with Gasteiger partial charge < -0.3 is 24.4 Å². The second kappa shape index (κ2) is 12.8. The van der Waals surface area contributed by atoms with Crippen LogP contribution in [0.2, 0.25) is 0 Å². The summed E-state index contributed by atoms with van der Waals surface area (Å²) in [6.45, 7) is 5.94. The highest BCUT2D eigenvalue weighted by atomic mass is 19.1. The number of likely N-dealkylation sites (N-methyl/N-ethyl adjacent to an activating group) is 1. The van der Waals surface area contributed by atoms with Crippen LogP contribution in [0.25, 0.3) is 0 Å². The summed E-state index contributed by atoms with van der Waals surface area (Å²) in [6.07, 6.45) is -0.197. The minimum Gasteiger partial charge on any atom is -0.491 e. The molecular formula is C27H36FN3O5. The monoisotopic (exact) mass is 501 g/mol. The number of hydrogen-bond acceptors (Lipinski definition) is 6. The van der Waals surface area contributed by atoms with Crippen LogP contribution in [0.1, 0.15) is 29.8 Å². The highest BCUT2D eigenvalue weighted by molar-refractivity contribution is 5.98. The van der Waals surface area contributed by atoms with Crippen LogP contribution in [0.4, 0.5) is 10.1 Å². The predicted molar refractivity (Wildman–Crippen MR) is 136 cm³/mol. The normalized spacial score (nSPS) is 21.7. The third-order valence-corrected chi connectivity index (χ3v) is 6.41. The van der Waals surface area contributed by atoms with Crippen LogP contribution < -0.4 is 10.1 Å². The van der Waals surface area contributed by atoms with Gasteiger partial charge in [-0.1, -0.05) is 19.1 Å². The van der Waals surface area contributed by atoms with E-state index in [1.807, 2.05) is 13.0 Å². The molecule has 3 rings (SSSR count). The third kappa shape index (κ3) is 7.25. The van der Waals surface area contributed by atoms with E-state index in [0.29, 0.717) is 43.2 Å². The standard InChI is InChI=1S/C27H36FN3O5/c1-18-13-31(14-20-7-6-8-21(28)11-20)19(2)16-36-24-12-22(29-26(32)17-34-4)9-10-23(24)27(33)30(3)15-25(18)35-5/h6-12,18-19,25H,13-17H2,1-5H3,(H,29,32)/t18-,19+,25+/m1/s1. The Labute approximate surface area is 212 Å². The van der Waals surface area contributed by atoms with Gasteiger partial charge in [0.1, 0.15) is 24.8 Å². The number of ether oxygens (including phenoxy) is 3. The number of nitrogens with one attached hydrogen (secondary N) is 1. The SMILES string of the molecule is COCC(=O)Nc1ccc2c(c1)OC[C@H](C)N(Cc1cccc(F)c1)C[C@@H](C)[C@@H](OC)CN(C)C2=O. The highest BCUT2D eigenvalue weighted by Gasteiger charge is 2.28. The van der Waals surface area contributed by atoms with Crippen molar-refractivity contribution in [2.24, 2.45) is 5.92 Å². The highest BCUT2D eigenvalue weighted by Crippen LogP contribution is 2.27. The summed E-state index contributed by atoms with van der Waals surface area (Å²) in [7, 11) is 4.83. The molecule has 0 bridgehead atoms. The van der Waals surface area contributed by atoms with E-state index in [2.05, 4.69) is 17.1 Å². The smallest absolute Gasteiger partial charge is 0.257 e. The minimum absolute atomic E-state index is 0.0555. The van der Waals surface area contributed by atoms with E-state index in [0.717, 1.165) is 5.56 Å². The number of nitrogens with zero attached hydrogens (tertiary/aromatic N) is 2. The van der Waals surface area contributed by atoms with Gasteiger partial charge in [-0.3, -0.25) is 14.5 Å². The van der Waals surface area contributed by atoms with E-state index in [9.17, 15) is 14.0 Å². The molecule has 0 spiro atoms. The van der Waals surface area contributed by atoms with Gasteiger partial charge in [0.25, 0.3) is 5.91 Å². The molecule has 1 heterocycles. The second-order valence-corrected chi connectivity index (χ2v) is 9.35. The van der Waals surface area contributed by atoms with Crippen LogP contribution >= 0.6 is 0 Å². The molecule has 0 saturated carbocycles. The number of amides is 2. The summed E-state index contributed by atoms with van der Waals surface area (Å²) in [5, 5.41) is 2.75. The topological polar surface area (TPSA) is 80.3 Å². The van der Waals surface area contributed by atoms with Gasteiger partial charge in [-0.2, -0.15) is 0 Å². The summed E-state index contributed by atoms with van der Waals surface area (Å²) < 4.78 is 30.7. The summed E-state index contributed by atoms with van der Waals surface area (Å²) in [5.74, 6) is -0.300. The Kier molecular flexibility index (Phi) is 9.81. The molecule has 1 aliphatic rings. The largest absolute Gasteiger partial charge is 0.491 e. The molecule has 196 valence electrons. The van der Waals surface area contributed by atoms with Crippen molar-refractivity contribution < 1.29 is 28.2 Å². The van der Waals surface area contributed by atoms with Crippen molar-refractivity contribution in [3.05, 3.63) is 59.4 Å². The number of anilines is 1. The predicted octanol–water partition coefficient (Wildman–Crippen LogP) is 3.42. The number of hydrogen-bond donors (Lipinski definition) is 1. The van der Waals surface area contributed by atoms with Gasteiger partial charge in [-0.05, 0) is 42.7 Å². The quantitative estimate of drug-likeness (QED) is 0.654. The second-order valence-electron chi connectivity index (χ2n) is 9.35. The van der Waals surface area contributed by atoms with E-state index in [1.165, 1.54) is 13.2 Å². The fraction of sp³-hybridized carbons (Fsp3) is 0.481. The van der Waals surface area contributed by atoms with Crippen molar-refractivity contribution in [1.82, 2.24) is 9.80 Å². The Morgan fingerprint density at radius 1 is 1.17 bits per heavy atom. The van der Waals surface area contributed by atoms with Crippen LogP contribution in [0.15, 0.2) is 42.5 Å². The first-order chi connectivity index (χ1) is 17.2. The molecule has 0 fully saturated rings. The van der Waals surface area contributed by atoms with E-state index in [1.54, 1.807) is 49.4 Å². The molecule has 2 aromatic rings. The van der Waals surface area contributed by atoms with Crippen LogP contribution in [-0.2, 0) is 20.8 Å². The number of carbonyl (C=O) groups excluding carboxylic acids is 2. The number of methoxy groups -OCH3 is 2. The lowest BCUT2D eigenvalue weighted by Crippen LogP contribution is -2.46.